The lowest BCUT2D eigenvalue weighted by atomic mass is 9.98. The largest absolute Gasteiger partial charge is 0.502 e. The van der Waals surface area contributed by atoms with Crippen LogP contribution in [0.5, 0.6) is 0 Å². The molecule has 0 unspecified atom stereocenters. The van der Waals surface area contributed by atoms with E-state index < -0.39 is 17.6 Å². The summed E-state index contributed by atoms with van der Waals surface area (Å²) in [5, 5.41) is 10.8. The molecule has 0 saturated carbocycles. The minimum absolute atomic E-state index is 0.0338. The molecule has 6 heteroatoms. The van der Waals surface area contributed by atoms with Gasteiger partial charge in [-0.05, 0) is 43.2 Å². The Hall–Kier alpha value is -2.30. The van der Waals surface area contributed by atoms with Gasteiger partial charge in [0.2, 0.25) is 0 Å². The number of aryl methyl sites for hydroxylation is 2. The second-order valence-electron chi connectivity index (χ2n) is 5.58. The number of aliphatic hydroxyl groups is 1. The lowest BCUT2D eigenvalue weighted by molar-refractivity contribution is -0.121. The number of imide groups is 1. The predicted octanol–water partition coefficient (Wildman–Crippen LogP) is 4.45. The molecular weight excluding hydrogens is 349 g/mol. The van der Waals surface area contributed by atoms with Gasteiger partial charge in [0.05, 0.1) is 16.3 Å². The normalized spacial score (nSPS) is 14.8. The van der Waals surface area contributed by atoms with E-state index in [4.69, 9.17) is 23.2 Å². The summed E-state index contributed by atoms with van der Waals surface area (Å²) in [5.41, 5.74) is 2.43. The Balaban J connectivity index is 2.13. The van der Waals surface area contributed by atoms with Crippen molar-refractivity contribution in [3.63, 3.8) is 0 Å². The standard InChI is InChI=1S/C18H13Cl2NO3/c1-9-3-5-12(10(2)7-9)15-16(22)18(24)21(17(15)23)14-8-11(19)4-6-13(14)20/h3-8,22H,1-2H3. The number of halogens is 2. The van der Waals surface area contributed by atoms with Crippen molar-refractivity contribution in [1.82, 2.24) is 0 Å². The number of aliphatic hydroxyl groups excluding tert-OH is 1. The molecule has 0 radical (unpaired) electrons. The van der Waals surface area contributed by atoms with Gasteiger partial charge in [0.1, 0.15) is 0 Å². The van der Waals surface area contributed by atoms with Gasteiger partial charge in [-0.3, -0.25) is 9.59 Å². The van der Waals surface area contributed by atoms with E-state index in [9.17, 15) is 14.7 Å². The van der Waals surface area contributed by atoms with Gasteiger partial charge >= 0.3 is 5.91 Å². The molecule has 1 heterocycles. The summed E-state index contributed by atoms with van der Waals surface area (Å²) in [4.78, 5) is 26.1. The summed E-state index contributed by atoms with van der Waals surface area (Å²) in [6.07, 6.45) is 0. The highest BCUT2D eigenvalue weighted by Gasteiger charge is 2.41. The van der Waals surface area contributed by atoms with Crippen LogP contribution in [0.3, 0.4) is 0 Å². The first-order valence-corrected chi connectivity index (χ1v) is 7.91. The van der Waals surface area contributed by atoms with E-state index in [1.165, 1.54) is 12.1 Å². The zero-order valence-electron chi connectivity index (χ0n) is 12.9. The van der Waals surface area contributed by atoms with Crippen LogP contribution in [0, 0.1) is 13.8 Å². The topological polar surface area (TPSA) is 57.6 Å². The van der Waals surface area contributed by atoms with Crippen LogP contribution in [-0.4, -0.2) is 16.9 Å². The molecule has 0 aliphatic carbocycles. The minimum atomic E-state index is -0.820. The number of anilines is 1. The monoisotopic (exact) mass is 361 g/mol. The molecule has 0 bridgehead atoms. The lowest BCUT2D eigenvalue weighted by Gasteiger charge is -2.16. The number of amides is 2. The van der Waals surface area contributed by atoms with Crippen molar-refractivity contribution >= 4 is 46.3 Å². The maximum atomic E-state index is 12.8. The van der Waals surface area contributed by atoms with Crippen LogP contribution < -0.4 is 4.90 Å². The smallest absolute Gasteiger partial charge is 0.301 e. The Morgan fingerprint density at radius 3 is 2.33 bits per heavy atom. The maximum Gasteiger partial charge on any atom is 0.301 e. The molecule has 0 saturated heterocycles. The highest BCUT2D eigenvalue weighted by Crippen LogP contribution is 2.37. The van der Waals surface area contributed by atoms with Gasteiger partial charge in [0.15, 0.2) is 5.76 Å². The molecule has 122 valence electrons. The van der Waals surface area contributed by atoms with Gasteiger partial charge in [-0.25, -0.2) is 4.90 Å². The van der Waals surface area contributed by atoms with Crippen molar-refractivity contribution in [2.75, 3.05) is 4.90 Å². The molecule has 24 heavy (non-hydrogen) atoms. The predicted molar refractivity (Wildman–Crippen MR) is 94.4 cm³/mol. The zero-order valence-corrected chi connectivity index (χ0v) is 14.4. The SMILES string of the molecule is Cc1ccc(C2=C(O)C(=O)N(c3cc(Cl)ccc3Cl)C2=O)c(C)c1. The average Bonchev–Trinajstić information content (AvgIpc) is 2.73. The summed E-state index contributed by atoms with van der Waals surface area (Å²) < 4.78 is 0. The van der Waals surface area contributed by atoms with Gasteiger partial charge in [-0.1, -0.05) is 47.0 Å². The minimum Gasteiger partial charge on any atom is -0.502 e. The Kier molecular flexibility index (Phi) is 4.11. The Morgan fingerprint density at radius 2 is 1.67 bits per heavy atom. The van der Waals surface area contributed by atoms with Crippen molar-refractivity contribution in [3.05, 3.63) is 68.9 Å². The fraction of sp³-hybridized carbons (Fsp3) is 0.111. The first kappa shape index (κ1) is 16.6. The van der Waals surface area contributed by atoms with E-state index in [1.807, 2.05) is 26.0 Å². The maximum absolute atomic E-state index is 12.8. The van der Waals surface area contributed by atoms with Gasteiger partial charge in [-0.15, -0.1) is 0 Å². The van der Waals surface area contributed by atoms with Gasteiger partial charge in [-0.2, -0.15) is 0 Å². The quantitative estimate of drug-likeness (QED) is 0.803. The molecule has 2 aromatic rings. The van der Waals surface area contributed by atoms with Crippen molar-refractivity contribution in [3.8, 4) is 0 Å². The van der Waals surface area contributed by atoms with E-state index >= 15 is 0 Å². The molecule has 1 aliphatic rings. The summed E-state index contributed by atoms with van der Waals surface area (Å²) in [7, 11) is 0. The van der Waals surface area contributed by atoms with E-state index in [0.717, 1.165) is 16.0 Å². The molecule has 0 spiro atoms. The summed E-state index contributed by atoms with van der Waals surface area (Å²) in [6, 6.07) is 9.86. The van der Waals surface area contributed by atoms with Crippen molar-refractivity contribution in [2.45, 2.75) is 13.8 Å². The summed E-state index contributed by atoms with van der Waals surface area (Å²) in [6.45, 7) is 3.74. The van der Waals surface area contributed by atoms with E-state index in [-0.39, 0.29) is 16.3 Å². The third-order valence-electron chi connectivity index (χ3n) is 3.86. The van der Waals surface area contributed by atoms with Crippen LogP contribution in [0.15, 0.2) is 42.2 Å². The number of carbonyl (C=O) groups excluding carboxylic acids is 2. The number of benzene rings is 2. The van der Waals surface area contributed by atoms with E-state index in [0.29, 0.717) is 10.6 Å². The van der Waals surface area contributed by atoms with Crippen molar-refractivity contribution in [2.24, 2.45) is 0 Å². The van der Waals surface area contributed by atoms with Crippen molar-refractivity contribution < 1.29 is 14.7 Å². The number of hydrogen-bond donors (Lipinski definition) is 1. The van der Waals surface area contributed by atoms with Gasteiger partial charge in [0, 0.05) is 5.02 Å². The lowest BCUT2D eigenvalue weighted by Crippen LogP contribution is -2.31. The fourth-order valence-corrected chi connectivity index (χ4v) is 3.10. The highest BCUT2D eigenvalue weighted by atomic mass is 35.5. The van der Waals surface area contributed by atoms with Crippen LogP contribution in [-0.2, 0) is 9.59 Å². The second-order valence-corrected chi connectivity index (χ2v) is 6.43. The Labute approximate surface area is 148 Å². The Bertz CT molecular complexity index is 918. The summed E-state index contributed by atoms with van der Waals surface area (Å²) >= 11 is 12.0. The van der Waals surface area contributed by atoms with Gasteiger partial charge < -0.3 is 5.11 Å². The second kappa shape index (κ2) is 5.96. The number of nitrogens with zero attached hydrogens (tertiary/aromatic N) is 1. The van der Waals surface area contributed by atoms with Crippen LogP contribution in [0.1, 0.15) is 16.7 Å². The van der Waals surface area contributed by atoms with Crippen LogP contribution in [0.25, 0.3) is 5.57 Å². The Morgan fingerprint density at radius 1 is 0.958 bits per heavy atom. The average molecular weight is 362 g/mol. The molecule has 0 aromatic heterocycles. The first-order valence-electron chi connectivity index (χ1n) is 7.16. The fourth-order valence-electron chi connectivity index (χ4n) is 2.73. The molecule has 2 amide bonds. The molecule has 1 N–H and O–H groups in total. The number of carbonyl (C=O) groups is 2. The highest BCUT2D eigenvalue weighted by molar-refractivity contribution is 6.47. The van der Waals surface area contributed by atoms with E-state index in [2.05, 4.69) is 0 Å². The first-order chi connectivity index (χ1) is 11.3. The molecular formula is C18H13Cl2NO3. The molecule has 3 rings (SSSR count). The molecule has 0 atom stereocenters. The van der Waals surface area contributed by atoms with Crippen molar-refractivity contribution in [1.29, 1.82) is 0 Å². The van der Waals surface area contributed by atoms with Crippen LogP contribution >= 0.6 is 23.2 Å². The molecule has 1 aliphatic heterocycles. The summed E-state index contributed by atoms with van der Waals surface area (Å²) in [5.74, 6) is -2.05. The molecule has 4 nitrogen and oxygen atoms in total. The van der Waals surface area contributed by atoms with Crippen LogP contribution in [0.2, 0.25) is 10.0 Å². The van der Waals surface area contributed by atoms with E-state index in [1.54, 1.807) is 12.1 Å². The zero-order chi connectivity index (χ0) is 17.6. The third kappa shape index (κ3) is 2.58. The van der Waals surface area contributed by atoms with Gasteiger partial charge in [0.25, 0.3) is 5.91 Å². The number of rotatable bonds is 2. The number of hydrogen-bond acceptors (Lipinski definition) is 3. The third-order valence-corrected chi connectivity index (χ3v) is 4.41. The molecule has 0 fully saturated rings. The molecule has 2 aromatic carbocycles. The van der Waals surface area contributed by atoms with Crippen LogP contribution in [0.4, 0.5) is 5.69 Å².